The summed E-state index contributed by atoms with van der Waals surface area (Å²) >= 11 is 0. The number of rotatable bonds is 3. The molecule has 2 aromatic rings. The minimum Gasteiger partial charge on any atom is -0.396 e. The summed E-state index contributed by atoms with van der Waals surface area (Å²) in [5.74, 6) is 0.916. The molecule has 84 valence electrons. The van der Waals surface area contributed by atoms with Gasteiger partial charge in [-0.1, -0.05) is 23.8 Å². The number of aliphatic hydroxyl groups is 1. The highest BCUT2D eigenvalue weighted by Crippen LogP contribution is 2.20. The average molecular weight is 216 g/mol. The molecule has 1 N–H and O–H groups in total. The highest BCUT2D eigenvalue weighted by atomic mass is 16.3. The molecule has 0 aliphatic heterocycles. The maximum absolute atomic E-state index is 8.91. The van der Waals surface area contributed by atoms with Crippen molar-refractivity contribution >= 4 is 0 Å². The van der Waals surface area contributed by atoms with E-state index in [1.807, 2.05) is 23.9 Å². The van der Waals surface area contributed by atoms with Crippen molar-refractivity contribution in [1.29, 1.82) is 0 Å². The second kappa shape index (κ2) is 4.49. The molecule has 2 rings (SSSR count). The lowest BCUT2D eigenvalue weighted by atomic mass is 10.1. The Balaban J connectivity index is 2.41. The second-order valence-corrected chi connectivity index (χ2v) is 3.96. The van der Waals surface area contributed by atoms with Crippen LogP contribution in [0.2, 0.25) is 0 Å². The van der Waals surface area contributed by atoms with Gasteiger partial charge in [0, 0.05) is 19.0 Å². The second-order valence-electron chi connectivity index (χ2n) is 3.96. The number of aliphatic hydroxyl groups excluding tert-OH is 1. The van der Waals surface area contributed by atoms with E-state index >= 15 is 0 Å². The lowest BCUT2D eigenvalue weighted by Gasteiger charge is -2.05. The third kappa shape index (κ3) is 1.99. The van der Waals surface area contributed by atoms with Crippen molar-refractivity contribution in [2.45, 2.75) is 13.3 Å². The van der Waals surface area contributed by atoms with Crippen molar-refractivity contribution in [3.8, 4) is 11.3 Å². The third-order valence-electron chi connectivity index (χ3n) is 2.73. The monoisotopic (exact) mass is 216 g/mol. The van der Waals surface area contributed by atoms with Gasteiger partial charge in [-0.2, -0.15) is 0 Å². The van der Waals surface area contributed by atoms with Crippen LogP contribution in [0.5, 0.6) is 0 Å². The van der Waals surface area contributed by atoms with E-state index in [2.05, 4.69) is 30.1 Å². The van der Waals surface area contributed by atoms with Crippen LogP contribution in [0.3, 0.4) is 0 Å². The first-order valence-corrected chi connectivity index (χ1v) is 5.41. The van der Waals surface area contributed by atoms with Gasteiger partial charge in [0.2, 0.25) is 0 Å². The molecule has 0 saturated heterocycles. The van der Waals surface area contributed by atoms with Gasteiger partial charge < -0.3 is 9.67 Å². The zero-order valence-corrected chi connectivity index (χ0v) is 9.64. The molecule has 3 heteroatoms. The molecule has 0 amide bonds. The van der Waals surface area contributed by atoms with Crippen LogP contribution >= 0.6 is 0 Å². The molecule has 3 nitrogen and oxygen atoms in total. The van der Waals surface area contributed by atoms with Crippen molar-refractivity contribution in [3.63, 3.8) is 0 Å². The predicted molar refractivity (Wildman–Crippen MR) is 64.2 cm³/mol. The van der Waals surface area contributed by atoms with Gasteiger partial charge >= 0.3 is 0 Å². The number of aromatic nitrogens is 2. The van der Waals surface area contributed by atoms with Crippen molar-refractivity contribution in [2.24, 2.45) is 7.05 Å². The molecule has 0 aliphatic rings. The normalized spacial score (nSPS) is 10.7. The van der Waals surface area contributed by atoms with Crippen LogP contribution in [0.25, 0.3) is 11.3 Å². The van der Waals surface area contributed by atoms with E-state index in [0.717, 1.165) is 11.5 Å². The summed E-state index contributed by atoms with van der Waals surface area (Å²) in [7, 11) is 1.98. The molecule has 0 aliphatic carbocycles. The Hall–Kier alpha value is -1.61. The van der Waals surface area contributed by atoms with E-state index in [1.165, 1.54) is 11.1 Å². The maximum atomic E-state index is 8.91. The standard InChI is InChI=1S/C13H16N2O/c1-10-4-3-5-11(8-10)12-9-14-13(6-7-16)15(12)2/h3-5,8-9,16H,6-7H2,1-2H3. The van der Waals surface area contributed by atoms with E-state index < -0.39 is 0 Å². The number of benzene rings is 1. The first kappa shape index (κ1) is 10.9. The Morgan fingerprint density at radius 3 is 2.88 bits per heavy atom. The van der Waals surface area contributed by atoms with E-state index in [1.54, 1.807) is 0 Å². The van der Waals surface area contributed by atoms with Gasteiger partial charge in [-0.3, -0.25) is 0 Å². The Kier molecular flexibility index (Phi) is 3.06. The number of imidazole rings is 1. The largest absolute Gasteiger partial charge is 0.396 e. The molecule has 0 spiro atoms. The lowest BCUT2D eigenvalue weighted by Crippen LogP contribution is -2.02. The van der Waals surface area contributed by atoms with Crippen molar-refractivity contribution < 1.29 is 5.11 Å². The van der Waals surface area contributed by atoms with Crippen LogP contribution in [0.4, 0.5) is 0 Å². The van der Waals surface area contributed by atoms with Crippen molar-refractivity contribution in [1.82, 2.24) is 9.55 Å². The molecular formula is C13H16N2O. The van der Waals surface area contributed by atoms with Crippen LogP contribution in [0.15, 0.2) is 30.5 Å². The Morgan fingerprint density at radius 2 is 2.19 bits per heavy atom. The molecule has 1 heterocycles. The zero-order chi connectivity index (χ0) is 11.5. The SMILES string of the molecule is Cc1cccc(-c2cnc(CCO)n2C)c1. The lowest BCUT2D eigenvalue weighted by molar-refractivity contribution is 0.295. The summed E-state index contributed by atoms with van der Waals surface area (Å²) < 4.78 is 2.03. The van der Waals surface area contributed by atoms with Gasteiger partial charge in [0.15, 0.2) is 0 Å². The fourth-order valence-electron chi connectivity index (χ4n) is 1.85. The molecule has 0 bridgehead atoms. The first-order chi connectivity index (χ1) is 7.72. The Bertz CT molecular complexity index is 488. The van der Waals surface area contributed by atoms with Gasteiger partial charge in [-0.05, 0) is 13.0 Å². The van der Waals surface area contributed by atoms with Crippen molar-refractivity contribution in [3.05, 3.63) is 41.9 Å². The number of nitrogens with zero attached hydrogens (tertiary/aromatic N) is 2. The third-order valence-corrected chi connectivity index (χ3v) is 2.73. The summed E-state index contributed by atoms with van der Waals surface area (Å²) in [6.07, 6.45) is 2.46. The topological polar surface area (TPSA) is 38.1 Å². The van der Waals surface area contributed by atoms with Crippen LogP contribution in [-0.2, 0) is 13.5 Å². The maximum Gasteiger partial charge on any atom is 0.111 e. The van der Waals surface area contributed by atoms with Crippen LogP contribution in [0, 0.1) is 6.92 Å². The number of hydrogen-bond donors (Lipinski definition) is 1. The molecular weight excluding hydrogens is 200 g/mol. The van der Waals surface area contributed by atoms with Gasteiger partial charge in [0.25, 0.3) is 0 Å². The quantitative estimate of drug-likeness (QED) is 0.851. The fourth-order valence-corrected chi connectivity index (χ4v) is 1.85. The number of aryl methyl sites for hydroxylation is 1. The summed E-state index contributed by atoms with van der Waals surface area (Å²) in [5.41, 5.74) is 3.49. The first-order valence-electron chi connectivity index (χ1n) is 5.41. The van der Waals surface area contributed by atoms with Crippen LogP contribution in [0.1, 0.15) is 11.4 Å². The zero-order valence-electron chi connectivity index (χ0n) is 9.64. The molecule has 16 heavy (non-hydrogen) atoms. The highest BCUT2D eigenvalue weighted by molar-refractivity contribution is 5.60. The van der Waals surface area contributed by atoms with Gasteiger partial charge in [-0.25, -0.2) is 4.98 Å². The predicted octanol–water partition coefficient (Wildman–Crippen LogP) is 1.93. The van der Waals surface area contributed by atoms with Gasteiger partial charge in [0.1, 0.15) is 5.82 Å². The highest BCUT2D eigenvalue weighted by Gasteiger charge is 2.07. The molecule has 1 aromatic carbocycles. The van der Waals surface area contributed by atoms with Gasteiger partial charge in [-0.15, -0.1) is 0 Å². The molecule has 0 atom stereocenters. The van der Waals surface area contributed by atoms with Gasteiger partial charge in [0.05, 0.1) is 18.5 Å². The fraction of sp³-hybridized carbons (Fsp3) is 0.308. The van der Waals surface area contributed by atoms with E-state index in [-0.39, 0.29) is 6.61 Å². The van der Waals surface area contributed by atoms with Crippen LogP contribution in [-0.4, -0.2) is 21.3 Å². The average Bonchev–Trinajstić information content (AvgIpc) is 2.61. The minimum absolute atomic E-state index is 0.137. The number of hydrogen-bond acceptors (Lipinski definition) is 2. The van der Waals surface area contributed by atoms with Crippen LogP contribution < -0.4 is 0 Å². The Labute approximate surface area is 95.4 Å². The molecule has 0 radical (unpaired) electrons. The molecule has 0 saturated carbocycles. The minimum atomic E-state index is 0.137. The molecule has 1 aromatic heterocycles. The van der Waals surface area contributed by atoms with E-state index in [9.17, 15) is 0 Å². The summed E-state index contributed by atoms with van der Waals surface area (Å²) in [5, 5.41) is 8.91. The molecule has 0 fully saturated rings. The van der Waals surface area contributed by atoms with Crippen molar-refractivity contribution in [2.75, 3.05) is 6.61 Å². The van der Waals surface area contributed by atoms with E-state index in [4.69, 9.17) is 5.11 Å². The smallest absolute Gasteiger partial charge is 0.111 e. The van der Waals surface area contributed by atoms with E-state index in [0.29, 0.717) is 6.42 Å². The summed E-state index contributed by atoms with van der Waals surface area (Å²) in [4.78, 5) is 4.31. The Morgan fingerprint density at radius 1 is 1.38 bits per heavy atom. The summed E-state index contributed by atoms with van der Waals surface area (Å²) in [6, 6.07) is 8.34. The summed E-state index contributed by atoms with van der Waals surface area (Å²) in [6.45, 7) is 2.21. The molecule has 0 unspecified atom stereocenters.